The highest BCUT2D eigenvalue weighted by atomic mass is 32.1. The number of amides is 1. The number of nitrogens with two attached hydrogens (primary N) is 1. The molecule has 0 aliphatic heterocycles. The maximum absolute atomic E-state index is 12.4. The number of carbonyl (C=O) groups is 3. The lowest BCUT2D eigenvalue weighted by Crippen LogP contribution is -2.52. The highest BCUT2D eigenvalue weighted by Gasteiger charge is 2.33. The number of hydrogen-bond donors (Lipinski definition) is 3. The van der Waals surface area contributed by atoms with Crippen molar-refractivity contribution in [2.75, 3.05) is 12.9 Å². The Labute approximate surface area is 132 Å². The first-order chi connectivity index (χ1) is 10.4. The number of carboxylic acids is 1. The average molecular weight is 330 g/mol. The van der Waals surface area contributed by atoms with Crippen molar-refractivity contribution in [2.24, 2.45) is 5.73 Å². The topological polar surface area (TPSA) is 123 Å². The van der Waals surface area contributed by atoms with Crippen molar-refractivity contribution in [3.05, 3.63) is 24.2 Å². The molecular formula is C13H18N2O6S. The Kier molecular flexibility index (Phi) is 6.93. The third-order valence-electron chi connectivity index (χ3n) is 2.92. The van der Waals surface area contributed by atoms with Crippen molar-refractivity contribution in [3.8, 4) is 0 Å². The smallest absolute Gasteiger partial charge is 0.329 e. The van der Waals surface area contributed by atoms with Crippen molar-refractivity contribution in [1.82, 2.24) is 4.90 Å². The van der Waals surface area contributed by atoms with Crippen LogP contribution in [0.3, 0.4) is 0 Å². The van der Waals surface area contributed by atoms with Gasteiger partial charge in [-0.15, -0.1) is 0 Å². The number of thiol groups is 1. The molecule has 1 amide bonds. The summed E-state index contributed by atoms with van der Waals surface area (Å²) in [5, 5.41) is 8.75. The van der Waals surface area contributed by atoms with Crippen LogP contribution < -0.4 is 5.73 Å². The highest BCUT2D eigenvalue weighted by molar-refractivity contribution is 7.80. The lowest BCUT2D eigenvalue weighted by Gasteiger charge is -2.30. The zero-order valence-corrected chi connectivity index (χ0v) is 12.9. The summed E-state index contributed by atoms with van der Waals surface area (Å²) in [4.78, 5) is 36.0. The number of esters is 1. The molecule has 0 fully saturated rings. The van der Waals surface area contributed by atoms with Gasteiger partial charge in [0.15, 0.2) is 0 Å². The summed E-state index contributed by atoms with van der Waals surface area (Å²) < 4.78 is 9.80. The molecule has 0 aliphatic carbocycles. The van der Waals surface area contributed by atoms with Crippen LogP contribution in [-0.2, 0) is 25.7 Å². The molecule has 0 unspecified atom stereocenters. The van der Waals surface area contributed by atoms with E-state index in [1.807, 2.05) is 0 Å². The Bertz CT molecular complexity index is 519. The second-order valence-electron chi connectivity index (χ2n) is 4.47. The van der Waals surface area contributed by atoms with Gasteiger partial charge in [-0.2, -0.15) is 12.6 Å². The summed E-state index contributed by atoms with van der Waals surface area (Å²) in [6, 6.07) is 0.976. The van der Waals surface area contributed by atoms with Crippen LogP contribution in [-0.4, -0.2) is 52.8 Å². The van der Waals surface area contributed by atoms with Crippen LogP contribution in [0.4, 0.5) is 0 Å². The summed E-state index contributed by atoms with van der Waals surface area (Å²) in [7, 11) is 1.19. The van der Waals surface area contributed by atoms with Gasteiger partial charge in [-0.3, -0.25) is 9.59 Å². The van der Waals surface area contributed by atoms with E-state index in [1.165, 1.54) is 13.4 Å². The Morgan fingerprint density at radius 2 is 2.18 bits per heavy atom. The SMILES string of the molecule is COC(=O)[C@@H](CS)N(Cc1ccco1)C(=O)[C@@H](N)CC(=O)O. The Morgan fingerprint density at radius 3 is 2.64 bits per heavy atom. The van der Waals surface area contributed by atoms with Gasteiger partial charge in [-0.1, -0.05) is 0 Å². The van der Waals surface area contributed by atoms with Crippen LogP contribution in [0.25, 0.3) is 0 Å². The first-order valence-corrected chi connectivity index (χ1v) is 7.02. The van der Waals surface area contributed by atoms with Gasteiger partial charge in [-0.05, 0) is 12.1 Å². The molecule has 0 spiro atoms. The van der Waals surface area contributed by atoms with Crippen molar-refractivity contribution in [2.45, 2.75) is 25.0 Å². The standard InChI is InChI=1S/C13H18N2O6S/c1-20-13(19)10(7-22)15(6-8-3-2-4-21-8)12(18)9(14)5-11(16)17/h2-4,9-10,22H,5-7,14H2,1H3,(H,16,17)/t9-,10+/m0/s1. The predicted molar refractivity (Wildman–Crippen MR) is 79.1 cm³/mol. The van der Waals surface area contributed by atoms with Gasteiger partial charge < -0.3 is 24.9 Å². The molecule has 1 aromatic heterocycles. The largest absolute Gasteiger partial charge is 0.481 e. The fourth-order valence-electron chi connectivity index (χ4n) is 1.84. The second-order valence-corrected chi connectivity index (χ2v) is 4.84. The maximum Gasteiger partial charge on any atom is 0.329 e. The van der Waals surface area contributed by atoms with Crippen molar-refractivity contribution < 1.29 is 28.6 Å². The van der Waals surface area contributed by atoms with E-state index in [4.69, 9.17) is 15.3 Å². The predicted octanol–water partition coefficient (Wildman–Crippen LogP) is -0.118. The van der Waals surface area contributed by atoms with Crippen LogP contribution in [0.1, 0.15) is 12.2 Å². The minimum atomic E-state index is -1.28. The van der Waals surface area contributed by atoms with Gasteiger partial charge in [0.2, 0.25) is 5.91 Å². The molecule has 9 heteroatoms. The van der Waals surface area contributed by atoms with Crippen molar-refractivity contribution >= 4 is 30.5 Å². The first kappa shape index (κ1) is 18.1. The maximum atomic E-state index is 12.4. The molecule has 8 nitrogen and oxygen atoms in total. The zero-order chi connectivity index (χ0) is 16.7. The van der Waals surface area contributed by atoms with Crippen LogP contribution in [0.2, 0.25) is 0 Å². The number of hydrogen-bond acceptors (Lipinski definition) is 7. The summed E-state index contributed by atoms with van der Waals surface area (Å²) >= 11 is 4.05. The Hall–Kier alpha value is -2.00. The summed E-state index contributed by atoms with van der Waals surface area (Å²) in [5.74, 6) is -2.15. The average Bonchev–Trinajstić information content (AvgIpc) is 2.98. The van der Waals surface area contributed by atoms with E-state index in [-0.39, 0.29) is 12.3 Å². The van der Waals surface area contributed by atoms with E-state index >= 15 is 0 Å². The molecule has 2 atom stereocenters. The van der Waals surface area contributed by atoms with Crippen molar-refractivity contribution in [3.63, 3.8) is 0 Å². The lowest BCUT2D eigenvalue weighted by atomic mass is 10.1. The summed E-state index contributed by atoms with van der Waals surface area (Å²) in [6.45, 7) is -0.0422. The molecule has 0 radical (unpaired) electrons. The third-order valence-corrected chi connectivity index (χ3v) is 3.27. The highest BCUT2D eigenvalue weighted by Crippen LogP contribution is 2.14. The normalized spacial score (nSPS) is 13.2. The number of aliphatic carboxylic acids is 1. The molecule has 0 saturated carbocycles. The fourth-order valence-corrected chi connectivity index (χ4v) is 2.18. The molecule has 1 aromatic rings. The van der Waals surface area contributed by atoms with Gasteiger partial charge in [0.05, 0.1) is 32.4 Å². The number of carboxylic acid groups (broad SMARTS) is 1. The number of methoxy groups -OCH3 is 1. The second kappa shape index (κ2) is 8.44. The van der Waals surface area contributed by atoms with E-state index in [9.17, 15) is 14.4 Å². The minimum Gasteiger partial charge on any atom is -0.481 e. The molecule has 0 aliphatic rings. The van der Waals surface area contributed by atoms with Gasteiger partial charge in [0, 0.05) is 5.75 Å². The molecular weight excluding hydrogens is 312 g/mol. The van der Waals surface area contributed by atoms with E-state index < -0.39 is 36.4 Å². The Balaban J connectivity index is 3.01. The monoisotopic (exact) mass is 330 g/mol. The Morgan fingerprint density at radius 1 is 1.50 bits per heavy atom. The lowest BCUT2D eigenvalue weighted by molar-refractivity contribution is -0.153. The third kappa shape index (κ3) is 4.78. The van der Waals surface area contributed by atoms with Crippen LogP contribution >= 0.6 is 12.6 Å². The van der Waals surface area contributed by atoms with Gasteiger partial charge in [0.1, 0.15) is 11.8 Å². The fraction of sp³-hybridized carbons (Fsp3) is 0.462. The quantitative estimate of drug-likeness (QED) is 0.448. The zero-order valence-electron chi connectivity index (χ0n) is 12.0. The van der Waals surface area contributed by atoms with E-state index in [1.54, 1.807) is 12.1 Å². The summed E-state index contributed by atoms with van der Waals surface area (Å²) in [6.07, 6.45) is 0.872. The van der Waals surface area contributed by atoms with E-state index in [2.05, 4.69) is 17.4 Å². The molecule has 1 rings (SSSR count). The first-order valence-electron chi connectivity index (χ1n) is 6.39. The molecule has 3 N–H and O–H groups in total. The summed E-state index contributed by atoms with van der Waals surface area (Å²) in [5.41, 5.74) is 5.60. The van der Waals surface area contributed by atoms with Crippen LogP contribution in [0.5, 0.6) is 0 Å². The number of carbonyl (C=O) groups excluding carboxylic acids is 2. The molecule has 122 valence electrons. The molecule has 0 saturated heterocycles. The molecule has 22 heavy (non-hydrogen) atoms. The van der Waals surface area contributed by atoms with Crippen LogP contribution in [0, 0.1) is 0 Å². The number of nitrogens with zero attached hydrogens (tertiary/aromatic N) is 1. The molecule has 0 aromatic carbocycles. The number of furan rings is 1. The molecule has 1 heterocycles. The number of rotatable bonds is 8. The van der Waals surface area contributed by atoms with E-state index in [0.29, 0.717) is 5.76 Å². The van der Waals surface area contributed by atoms with Crippen molar-refractivity contribution in [1.29, 1.82) is 0 Å². The molecule has 0 bridgehead atoms. The van der Waals surface area contributed by atoms with Crippen LogP contribution in [0.15, 0.2) is 22.8 Å². The van der Waals surface area contributed by atoms with Gasteiger partial charge >= 0.3 is 11.9 Å². The van der Waals surface area contributed by atoms with Gasteiger partial charge in [-0.25, -0.2) is 4.79 Å². The van der Waals surface area contributed by atoms with E-state index in [0.717, 1.165) is 4.90 Å². The van der Waals surface area contributed by atoms with Gasteiger partial charge in [0.25, 0.3) is 0 Å². The number of ether oxygens (including phenoxy) is 1. The minimum absolute atomic E-state index is 0.00108.